The van der Waals surface area contributed by atoms with Gasteiger partial charge in [0.25, 0.3) is 0 Å². The van der Waals surface area contributed by atoms with E-state index >= 15 is 0 Å². The molecule has 0 bridgehead atoms. The predicted octanol–water partition coefficient (Wildman–Crippen LogP) is 4.67. The highest BCUT2D eigenvalue weighted by atomic mass is 32.2. The minimum atomic E-state index is 0.0213. The first-order chi connectivity index (χ1) is 16.3. The predicted molar refractivity (Wildman–Crippen MR) is 130 cm³/mol. The number of hydrogen-bond donors (Lipinski definition) is 0. The van der Waals surface area contributed by atoms with Crippen molar-refractivity contribution in [3.63, 3.8) is 0 Å². The van der Waals surface area contributed by atoms with Crippen molar-refractivity contribution in [1.29, 1.82) is 0 Å². The summed E-state index contributed by atoms with van der Waals surface area (Å²) in [5.41, 5.74) is 2.96. The molecule has 0 aliphatic carbocycles. The van der Waals surface area contributed by atoms with Gasteiger partial charge in [-0.3, -0.25) is 4.79 Å². The number of hydrogen-bond acceptors (Lipinski definition) is 6. The molecule has 0 amide bonds. The van der Waals surface area contributed by atoms with Crippen molar-refractivity contribution in [3.05, 3.63) is 70.9 Å². The van der Waals surface area contributed by atoms with Crippen molar-refractivity contribution < 1.29 is 18.9 Å². The highest BCUT2D eigenvalue weighted by molar-refractivity contribution is 7.99. The topological polar surface area (TPSA) is 58.9 Å². The fourth-order valence-electron chi connectivity index (χ4n) is 4.05. The second-order valence-corrected chi connectivity index (χ2v) is 8.72. The Hall–Kier alpha value is -2.84. The van der Waals surface area contributed by atoms with Gasteiger partial charge in [-0.1, -0.05) is 30.0 Å². The van der Waals surface area contributed by atoms with E-state index in [0.29, 0.717) is 50.8 Å². The number of rotatable bonds is 10. The number of benzene rings is 3. The first-order valence-corrected chi connectivity index (χ1v) is 11.8. The third-order valence-electron chi connectivity index (χ3n) is 5.55. The Morgan fingerprint density at radius 2 is 1.55 bits per heavy atom. The fraction of sp³-hybridized carbons (Fsp3) is 0.269. The average Bonchev–Trinajstić information content (AvgIpc) is 2.85. The molecule has 6 nitrogen and oxygen atoms in total. The van der Waals surface area contributed by atoms with E-state index in [4.69, 9.17) is 18.9 Å². The molecule has 2 heterocycles. The summed E-state index contributed by atoms with van der Waals surface area (Å²) in [6.07, 6.45) is 0. The Labute approximate surface area is 196 Å². The van der Waals surface area contributed by atoms with Crippen LogP contribution in [0.15, 0.2) is 75.2 Å². The molecule has 5 rings (SSSR count). The largest absolute Gasteiger partial charge is 0.491 e. The Balaban J connectivity index is 1.39. The molecule has 1 aromatic heterocycles. The molecule has 170 valence electrons. The van der Waals surface area contributed by atoms with E-state index in [1.54, 1.807) is 18.9 Å². The Kier molecular flexibility index (Phi) is 6.64. The molecule has 0 saturated carbocycles. The Morgan fingerprint density at radius 3 is 2.39 bits per heavy atom. The second kappa shape index (κ2) is 9.97. The van der Waals surface area contributed by atoms with Crippen LogP contribution in [0.5, 0.6) is 5.75 Å². The van der Waals surface area contributed by atoms with Gasteiger partial charge in [0.15, 0.2) is 5.43 Å². The molecule has 0 N–H and O–H groups in total. The van der Waals surface area contributed by atoms with Gasteiger partial charge in [-0.05, 0) is 42.5 Å². The summed E-state index contributed by atoms with van der Waals surface area (Å²) < 4.78 is 23.9. The molecule has 1 aliphatic rings. The molecule has 0 fully saturated rings. The number of ether oxygens (including phenoxy) is 4. The number of pyridine rings is 1. The van der Waals surface area contributed by atoms with Gasteiger partial charge in [0.05, 0.1) is 55.1 Å². The summed E-state index contributed by atoms with van der Waals surface area (Å²) >= 11 is 1.70. The lowest BCUT2D eigenvalue weighted by atomic mass is 10.1. The molecule has 0 spiro atoms. The SMILES string of the molecule is COCCOCCOCCOc1ccc2c(c1)c(=O)c1cccc3c1n2-c1ccccc1S3. The van der Waals surface area contributed by atoms with Crippen LogP contribution in [0.25, 0.3) is 27.5 Å². The molecule has 3 aromatic carbocycles. The number of para-hydroxylation sites is 2. The summed E-state index contributed by atoms with van der Waals surface area (Å²) in [4.78, 5) is 15.7. The van der Waals surface area contributed by atoms with E-state index in [-0.39, 0.29) is 5.43 Å². The lowest BCUT2D eigenvalue weighted by molar-refractivity contribution is 0.0180. The first kappa shape index (κ1) is 22.0. The van der Waals surface area contributed by atoms with Gasteiger partial charge in [0, 0.05) is 22.3 Å². The third kappa shape index (κ3) is 4.37. The summed E-state index contributed by atoms with van der Waals surface area (Å²) in [5.74, 6) is 0.654. The summed E-state index contributed by atoms with van der Waals surface area (Å²) in [5, 5.41) is 1.36. The smallest absolute Gasteiger partial charge is 0.197 e. The van der Waals surface area contributed by atoms with Crippen LogP contribution >= 0.6 is 11.8 Å². The minimum Gasteiger partial charge on any atom is -0.491 e. The highest BCUT2D eigenvalue weighted by Gasteiger charge is 2.22. The van der Waals surface area contributed by atoms with Gasteiger partial charge in [0.1, 0.15) is 12.4 Å². The number of methoxy groups -OCH3 is 1. The summed E-state index contributed by atoms with van der Waals surface area (Å²) in [6.45, 7) is 3.00. The average molecular weight is 464 g/mol. The van der Waals surface area contributed by atoms with Crippen molar-refractivity contribution in [3.8, 4) is 11.4 Å². The molecular formula is C26H25NO5S. The van der Waals surface area contributed by atoms with Gasteiger partial charge < -0.3 is 23.5 Å². The van der Waals surface area contributed by atoms with Crippen LogP contribution in [0.4, 0.5) is 0 Å². The van der Waals surface area contributed by atoms with Crippen molar-refractivity contribution in [2.24, 2.45) is 0 Å². The maximum Gasteiger partial charge on any atom is 0.197 e. The number of nitrogens with zero attached hydrogens (tertiary/aromatic N) is 1. The Morgan fingerprint density at radius 1 is 0.788 bits per heavy atom. The van der Waals surface area contributed by atoms with Gasteiger partial charge >= 0.3 is 0 Å². The van der Waals surface area contributed by atoms with Gasteiger partial charge in [-0.15, -0.1) is 0 Å². The van der Waals surface area contributed by atoms with E-state index in [1.165, 1.54) is 4.90 Å². The van der Waals surface area contributed by atoms with Gasteiger partial charge in [0.2, 0.25) is 0 Å². The fourth-order valence-corrected chi connectivity index (χ4v) is 5.14. The molecule has 0 unspecified atom stereocenters. The van der Waals surface area contributed by atoms with Crippen LogP contribution < -0.4 is 10.2 Å². The molecule has 1 aliphatic heterocycles. The van der Waals surface area contributed by atoms with Crippen molar-refractivity contribution in [2.45, 2.75) is 9.79 Å². The third-order valence-corrected chi connectivity index (χ3v) is 6.66. The zero-order valence-electron chi connectivity index (χ0n) is 18.4. The quantitative estimate of drug-likeness (QED) is 0.222. The van der Waals surface area contributed by atoms with Crippen molar-refractivity contribution in [2.75, 3.05) is 46.8 Å². The lowest BCUT2D eigenvalue weighted by Gasteiger charge is -2.24. The molecule has 4 aromatic rings. The van der Waals surface area contributed by atoms with Gasteiger partial charge in [-0.2, -0.15) is 0 Å². The molecule has 0 radical (unpaired) electrons. The van der Waals surface area contributed by atoms with Crippen molar-refractivity contribution in [1.82, 2.24) is 4.57 Å². The van der Waals surface area contributed by atoms with E-state index in [2.05, 4.69) is 22.8 Å². The van der Waals surface area contributed by atoms with Crippen LogP contribution in [0.3, 0.4) is 0 Å². The summed E-state index contributed by atoms with van der Waals surface area (Å²) in [6, 6.07) is 19.9. The van der Waals surface area contributed by atoms with Gasteiger partial charge in [-0.25, -0.2) is 0 Å². The van der Waals surface area contributed by atoms with E-state index in [9.17, 15) is 4.79 Å². The monoisotopic (exact) mass is 463 g/mol. The van der Waals surface area contributed by atoms with Crippen LogP contribution in [0, 0.1) is 0 Å². The van der Waals surface area contributed by atoms with Crippen LogP contribution in [0.2, 0.25) is 0 Å². The van der Waals surface area contributed by atoms with Crippen molar-refractivity contribution >= 4 is 33.6 Å². The van der Waals surface area contributed by atoms with E-state index in [1.807, 2.05) is 42.5 Å². The maximum atomic E-state index is 13.4. The Bertz CT molecular complexity index is 1350. The molecule has 0 atom stereocenters. The second-order valence-electron chi connectivity index (χ2n) is 7.63. The van der Waals surface area contributed by atoms with E-state index < -0.39 is 0 Å². The number of fused-ring (bicyclic) bond motifs is 4. The minimum absolute atomic E-state index is 0.0213. The first-order valence-electron chi connectivity index (χ1n) is 10.9. The zero-order chi connectivity index (χ0) is 22.6. The van der Waals surface area contributed by atoms with Crippen LogP contribution in [0.1, 0.15) is 0 Å². The standard InChI is InChI=1S/C26H25NO5S/c1-29-11-12-30-13-14-31-15-16-32-18-9-10-21-20(17-18)26(28)19-5-4-8-24-25(19)27(21)22-6-2-3-7-23(22)33-24/h2-10,17H,11-16H2,1H3. The lowest BCUT2D eigenvalue weighted by Crippen LogP contribution is -2.14. The van der Waals surface area contributed by atoms with Crippen LogP contribution in [-0.2, 0) is 14.2 Å². The summed E-state index contributed by atoms with van der Waals surface area (Å²) in [7, 11) is 1.64. The highest BCUT2D eigenvalue weighted by Crippen LogP contribution is 2.43. The van der Waals surface area contributed by atoms with Crippen LogP contribution in [-0.4, -0.2) is 51.3 Å². The molecule has 33 heavy (non-hydrogen) atoms. The molecule has 7 heteroatoms. The zero-order valence-corrected chi connectivity index (χ0v) is 19.2. The molecular weight excluding hydrogens is 438 g/mol. The van der Waals surface area contributed by atoms with E-state index in [0.717, 1.165) is 27.0 Å². The maximum absolute atomic E-state index is 13.4. The normalized spacial score (nSPS) is 12.3. The molecule has 0 saturated heterocycles. The number of aromatic nitrogens is 1.